The Hall–Kier alpha value is -6.38. The van der Waals surface area contributed by atoms with Gasteiger partial charge in [0.25, 0.3) is 0 Å². The van der Waals surface area contributed by atoms with Crippen molar-refractivity contribution in [2.24, 2.45) is 20.0 Å². The van der Waals surface area contributed by atoms with Crippen molar-refractivity contribution in [3.05, 3.63) is 144 Å². The molecule has 0 spiro atoms. The molecule has 0 amide bonds. The second-order valence-corrected chi connectivity index (χ2v) is 15.0. The molecule has 8 bridgehead atoms. The molecule has 7 rings (SSSR count). The molecule has 0 unspecified atom stereocenters. The SMILES string of the molecule is Oc1c2cccc1OCCOCCOc1cccc(c1O)C=Nc1ccccc1N=Cc1cccc(c1O)OCCOCCOc1cccc(c1O)C=Nc1ccccc1N=C2.[O]=[U]=[O].[O]=[U]=[O]. The number of nitrogens with zero attached hydrogens (tertiary/aromatic N) is 4. The Morgan fingerprint density at radius 2 is 0.544 bits per heavy atom. The van der Waals surface area contributed by atoms with E-state index in [0.717, 1.165) is 0 Å². The predicted octanol–water partition coefficient (Wildman–Crippen LogP) is 8.30. The van der Waals surface area contributed by atoms with Crippen molar-refractivity contribution in [1.29, 1.82) is 0 Å². The summed E-state index contributed by atoms with van der Waals surface area (Å²) >= 11 is -5.01. The van der Waals surface area contributed by atoms with Crippen molar-refractivity contribution in [1.82, 2.24) is 0 Å². The monoisotopic (exact) mass is 1380 g/mol. The second-order valence-electron chi connectivity index (χ2n) is 13.6. The summed E-state index contributed by atoms with van der Waals surface area (Å²) in [6.45, 7) is 1.48. The number of aromatic hydroxyl groups is 4. The normalized spacial score (nSPS) is 13.3. The van der Waals surface area contributed by atoms with Crippen LogP contribution < -0.4 is 18.9 Å². The van der Waals surface area contributed by atoms with E-state index >= 15 is 0 Å². The minimum absolute atomic E-state index is 0.0827. The molecular weight excluding hydrogens is 1330 g/mol. The van der Waals surface area contributed by atoms with E-state index < -0.39 is 55.6 Å². The summed E-state index contributed by atoms with van der Waals surface area (Å²) in [5.41, 5.74) is 3.85. The van der Waals surface area contributed by atoms with Crippen LogP contribution >= 0.6 is 0 Å². The zero-order chi connectivity index (χ0) is 48.4. The molecule has 0 atom stereocenters. The van der Waals surface area contributed by atoms with E-state index in [1.54, 1.807) is 97.1 Å². The van der Waals surface area contributed by atoms with Crippen LogP contribution in [0.1, 0.15) is 22.3 Å². The van der Waals surface area contributed by atoms with Crippen molar-refractivity contribution < 1.29 is 113 Å². The quantitative estimate of drug-likeness (QED) is 0.112. The van der Waals surface area contributed by atoms with Gasteiger partial charge in [-0.1, -0.05) is 48.5 Å². The molecule has 1 aliphatic heterocycles. The van der Waals surface area contributed by atoms with Gasteiger partial charge in [-0.2, -0.15) is 0 Å². The van der Waals surface area contributed by atoms with E-state index in [2.05, 4.69) is 20.0 Å². The molecule has 0 aromatic heterocycles. The summed E-state index contributed by atoms with van der Waals surface area (Å²) in [6, 6.07) is 34.8. The van der Waals surface area contributed by atoms with E-state index in [0.29, 0.717) is 45.0 Å². The third kappa shape index (κ3) is 16.4. The summed E-state index contributed by atoms with van der Waals surface area (Å²) in [4.78, 5) is 18.3. The molecule has 6 aromatic rings. The van der Waals surface area contributed by atoms with Crippen LogP contribution in [0.5, 0.6) is 46.0 Å². The van der Waals surface area contributed by atoms with Gasteiger partial charge in [-0.15, -0.1) is 0 Å². The first-order valence-electron chi connectivity index (χ1n) is 20.5. The number of ether oxygens (including phenoxy) is 6. The van der Waals surface area contributed by atoms with Gasteiger partial charge >= 0.3 is 64.6 Å². The predicted molar refractivity (Wildman–Crippen MR) is 241 cm³/mol. The number of hydrogen-bond donors (Lipinski definition) is 4. The van der Waals surface area contributed by atoms with Gasteiger partial charge in [0.2, 0.25) is 0 Å². The summed E-state index contributed by atoms with van der Waals surface area (Å²) < 4.78 is 68.9. The Labute approximate surface area is 420 Å². The minimum atomic E-state index is -2.51. The summed E-state index contributed by atoms with van der Waals surface area (Å²) in [7, 11) is 0. The van der Waals surface area contributed by atoms with Crippen LogP contribution in [0.25, 0.3) is 0 Å². The van der Waals surface area contributed by atoms with Gasteiger partial charge in [0.05, 0.1) is 49.2 Å². The fraction of sp³-hybridized carbons (Fsp3) is 0.167. The van der Waals surface area contributed by atoms with E-state index in [4.69, 9.17) is 37.4 Å². The molecule has 0 aliphatic carbocycles. The molecule has 1 heterocycles. The van der Waals surface area contributed by atoms with Gasteiger partial charge in [0, 0.05) is 47.1 Å². The first-order valence-corrected chi connectivity index (χ1v) is 27.3. The average molecular weight is 1380 g/mol. The molecule has 0 fully saturated rings. The van der Waals surface area contributed by atoms with Crippen molar-refractivity contribution in [3.63, 3.8) is 0 Å². The molecule has 0 radical (unpaired) electrons. The van der Waals surface area contributed by atoms with E-state index in [9.17, 15) is 20.4 Å². The van der Waals surface area contributed by atoms with Crippen LogP contribution in [0, 0.1) is 55.6 Å². The molecule has 1 aliphatic rings. The Bertz CT molecular complexity index is 2430. The number of rotatable bonds is 0. The topological polar surface area (TPSA) is 254 Å². The average Bonchev–Trinajstić information content (AvgIpc) is 3.34. The van der Waals surface area contributed by atoms with E-state index in [-0.39, 0.29) is 98.9 Å². The number of aliphatic imine (C=N–C) groups is 4. The number of phenols is 4. The van der Waals surface area contributed by atoms with Crippen LogP contribution in [0.15, 0.2) is 141 Å². The van der Waals surface area contributed by atoms with Crippen LogP contribution in [0.2, 0.25) is 0 Å². The Kier molecular flexibility index (Phi) is 22.7. The second kappa shape index (κ2) is 29.4. The first kappa shape index (κ1) is 52.6. The number of phenolic OH excluding ortho intramolecular Hbond substituents is 4. The molecule has 6 aromatic carbocycles. The van der Waals surface area contributed by atoms with Crippen LogP contribution in [0.4, 0.5) is 22.7 Å². The van der Waals surface area contributed by atoms with E-state index in [1.165, 1.54) is 24.9 Å². The molecule has 4 N–H and O–H groups in total. The molecule has 20 heteroatoms. The maximum atomic E-state index is 11.0. The third-order valence-corrected chi connectivity index (χ3v) is 9.20. The molecule has 348 valence electrons. The number of benzene rings is 6. The van der Waals surface area contributed by atoms with Crippen molar-refractivity contribution in [3.8, 4) is 46.0 Å². The van der Waals surface area contributed by atoms with E-state index in [1.807, 2.05) is 24.3 Å². The first-order chi connectivity index (χ1) is 33.3. The Morgan fingerprint density at radius 3 is 0.765 bits per heavy atom. The maximum absolute atomic E-state index is 11.0. The molecule has 0 saturated carbocycles. The van der Waals surface area contributed by atoms with Gasteiger partial charge in [0.1, 0.15) is 26.4 Å². The van der Waals surface area contributed by atoms with Crippen molar-refractivity contribution in [2.45, 2.75) is 0 Å². The number of para-hydroxylation sites is 8. The zero-order valence-corrected chi connectivity index (χ0v) is 44.5. The molecular formula is C48H44N4O14U2. The van der Waals surface area contributed by atoms with Crippen LogP contribution in [0.3, 0.4) is 0 Å². The molecule has 0 saturated heterocycles. The fourth-order valence-electron chi connectivity index (χ4n) is 6.01. The van der Waals surface area contributed by atoms with Crippen LogP contribution in [-0.4, -0.2) is 98.1 Å². The standard InChI is InChI=1S/C48H44N4O10.4O.2U/c53-45-33-9-5-17-41(45)59-25-21-57-23-27-61-43-19-7-11-35(47(43)55)31-51-39-15-3-4-16-40(39)52-32-36-12-8-20-44(48(36)56)62-28-24-58-22-26-60-42-18-6-10-34(46(42)54)30-50-38-14-2-1-13-37(38)49-29-33;;;;;;/h1-20,29-32,53-56H,21-28H2;;;;;;. The summed E-state index contributed by atoms with van der Waals surface area (Å²) in [5, 5.41) is 43.8. The van der Waals surface area contributed by atoms with Gasteiger partial charge in [-0.05, 0) is 72.8 Å². The van der Waals surface area contributed by atoms with Crippen LogP contribution in [-0.2, 0) is 18.4 Å². The third-order valence-electron chi connectivity index (χ3n) is 9.20. The molecule has 18 nitrogen and oxygen atoms in total. The van der Waals surface area contributed by atoms with Gasteiger partial charge in [0.15, 0.2) is 46.0 Å². The van der Waals surface area contributed by atoms with Gasteiger partial charge < -0.3 is 48.8 Å². The Balaban J connectivity index is 0.00000137. The van der Waals surface area contributed by atoms with Gasteiger partial charge in [-0.3, -0.25) is 20.0 Å². The molecule has 68 heavy (non-hydrogen) atoms. The van der Waals surface area contributed by atoms with Crippen molar-refractivity contribution >= 4 is 47.6 Å². The van der Waals surface area contributed by atoms with Gasteiger partial charge in [-0.25, -0.2) is 0 Å². The van der Waals surface area contributed by atoms with Crippen molar-refractivity contribution in [2.75, 3.05) is 52.9 Å². The Morgan fingerprint density at radius 1 is 0.324 bits per heavy atom. The number of fused-ring (bicyclic) bond motifs is 10. The fourth-order valence-corrected chi connectivity index (χ4v) is 6.01. The summed E-state index contributed by atoms with van der Waals surface area (Å²) in [6.07, 6.45) is 6.08. The summed E-state index contributed by atoms with van der Waals surface area (Å²) in [5.74, 6) is 0.722. The number of hydrogen-bond acceptors (Lipinski definition) is 18. The zero-order valence-electron chi connectivity index (χ0n) is 36.2.